The van der Waals surface area contributed by atoms with Crippen LogP contribution >= 0.6 is 0 Å². The minimum absolute atomic E-state index is 0.225. The highest BCUT2D eigenvalue weighted by Gasteiger charge is 2.04. The van der Waals surface area contributed by atoms with Crippen molar-refractivity contribution in [3.8, 4) is 5.75 Å². The second-order valence-electron chi connectivity index (χ2n) is 4.15. The molecule has 0 bridgehead atoms. The highest BCUT2D eigenvalue weighted by Crippen LogP contribution is 2.18. The molecular weight excluding hydrogens is 233 g/mol. The van der Waals surface area contributed by atoms with Crippen molar-refractivity contribution in [2.24, 2.45) is 0 Å². The predicted molar refractivity (Wildman–Crippen MR) is 66.9 cm³/mol. The second-order valence-corrected chi connectivity index (χ2v) is 4.15. The van der Waals surface area contributed by atoms with E-state index in [-0.39, 0.29) is 5.82 Å². The number of benzene rings is 1. The zero-order chi connectivity index (χ0) is 13.0. The van der Waals surface area contributed by atoms with E-state index in [0.717, 1.165) is 17.9 Å². The first-order chi connectivity index (χ1) is 8.69. The van der Waals surface area contributed by atoms with Crippen LogP contribution in [-0.2, 0) is 13.2 Å². The minimum atomic E-state index is -0.225. The third kappa shape index (κ3) is 3.11. The highest BCUT2D eigenvalue weighted by atomic mass is 19.1. The van der Waals surface area contributed by atoms with Crippen molar-refractivity contribution in [3.05, 3.63) is 53.2 Å². The predicted octanol–water partition coefficient (Wildman–Crippen LogP) is 3.03. The maximum Gasteiger partial charge on any atom is 0.146 e. The number of hydrogen-bond acceptors (Lipinski definition) is 3. The van der Waals surface area contributed by atoms with Crippen molar-refractivity contribution in [3.63, 3.8) is 0 Å². The van der Waals surface area contributed by atoms with Crippen LogP contribution in [0.25, 0.3) is 0 Å². The molecule has 2 aromatic rings. The Morgan fingerprint density at radius 1 is 1.33 bits per heavy atom. The molecule has 1 N–H and O–H groups in total. The first-order valence-electron chi connectivity index (χ1n) is 5.79. The largest absolute Gasteiger partial charge is 0.486 e. The van der Waals surface area contributed by atoms with Crippen LogP contribution in [0.1, 0.15) is 16.9 Å². The third-order valence-corrected chi connectivity index (χ3v) is 2.60. The zero-order valence-electron chi connectivity index (χ0n) is 10.5. The van der Waals surface area contributed by atoms with Crippen LogP contribution < -0.4 is 10.1 Å². The molecule has 96 valence electrons. The van der Waals surface area contributed by atoms with Crippen molar-refractivity contribution in [2.75, 3.05) is 7.05 Å². The Bertz CT molecular complexity index is 522. The fraction of sp³-hybridized carbons (Fsp3) is 0.286. The first kappa shape index (κ1) is 12.6. The summed E-state index contributed by atoms with van der Waals surface area (Å²) in [5.41, 5.74) is 1.65. The Labute approximate surface area is 106 Å². The van der Waals surface area contributed by atoms with Crippen molar-refractivity contribution in [1.82, 2.24) is 5.32 Å². The van der Waals surface area contributed by atoms with E-state index in [1.807, 2.05) is 13.1 Å². The molecule has 0 spiro atoms. The van der Waals surface area contributed by atoms with Crippen molar-refractivity contribution in [1.29, 1.82) is 0 Å². The fourth-order valence-electron chi connectivity index (χ4n) is 1.66. The van der Waals surface area contributed by atoms with Crippen LogP contribution in [0.3, 0.4) is 0 Å². The summed E-state index contributed by atoms with van der Waals surface area (Å²) in [6.07, 6.45) is 1.70. The van der Waals surface area contributed by atoms with Gasteiger partial charge in [-0.25, -0.2) is 4.39 Å². The first-order valence-corrected chi connectivity index (χ1v) is 5.79. The summed E-state index contributed by atoms with van der Waals surface area (Å²) in [5.74, 6) is 1.17. The van der Waals surface area contributed by atoms with Crippen LogP contribution in [-0.4, -0.2) is 7.05 Å². The second kappa shape index (κ2) is 5.69. The van der Waals surface area contributed by atoms with Gasteiger partial charge in [0.2, 0.25) is 0 Å². The van der Waals surface area contributed by atoms with Gasteiger partial charge in [0, 0.05) is 12.1 Å². The third-order valence-electron chi connectivity index (χ3n) is 2.60. The van der Waals surface area contributed by atoms with E-state index in [0.29, 0.717) is 17.9 Å². The molecule has 0 fully saturated rings. The zero-order valence-corrected chi connectivity index (χ0v) is 10.5. The van der Waals surface area contributed by atoms with Gasteiger partial charge in [0.05, 0.1) is 6.26 Å². The number of hydrogen-bond donors (Lipinski definition) is 1. The minimum Gasteiger partial charge on any atom is -0.486 e. The van der Waals surface area contributed by atoms with E-state index in [9.17, 15) is 4.39 Å². The van der Waals surface area contributed by atoms with Gasteiger partial charge in [-0.05, 0) is 43.8 Å². The van der Waals surface area contributed by atoms with E-state index >= 15 is 0 Å². The van der Waals surface area contributed by atoms with Gasteiger partial charge in [0.15, 0.2) is 0 Å². The molecule has 2 rings (SSSR count). The Balaban J connectivity index is 1.95. The molecule has 0 aliphatic carbocycles. The molecule has 0 amide bonds. The Morgan fingerprint density at radius 3 is 2.89 bits per heavy atom. The van der Waals surface area contributed by atoms with Gasteiger partial charge in [0.1, 0.15) is 23.9 Å². The van der Waals surface area contributed by atoms with Crippen molar-refractivity contribution >= 4 is 0 Å². The normalized spacial score (nSPS) is 10.6. The van der Waals surface area contributed by atoms with E-state index in [1.165, 1.54) is 6.07 Å². The molecule has 0 atom stereocenters. The van der Waals surface area contributed by atoms with Gasteiger partial charge in [-0.3, -0.25) is 0 Å². The highest BCUT2D eigenvalue weighted by molar-refractivity contribution is 5.29. The number of furan rings is 1. The standard InChI is InChI=1S/C14H16FNO2/c1-10-5-12(3-4-14(10)15)18-9-13-6-11(7-16-2)8-17-13/h3-6,8,16H,7,9H2,1-2H3. The fourth-order valence-corrected chi connectivity index (χ4v) is 1.66. The van der Waals surface area contributed by atoms with Gasteiger partial charge in [-0.1, -0.05) is 0 Å². The van der Waals surface area contributed by atoms with E-state index in [1.54, 1.807) is 25.3 Å². The van der Waals surface area contributed by atoms with Gasteiger partial charge in [-0.15, -0.1) is 0 Å². The molecule has 4 heteroatoms. The Kier molecular flexibility index (Phi) is 3.99. The molecule has 0 unspecified atom stereocenters. The summed E-state index contributed by atoms with van der Waals surface area (Å²) in [5, 5.41) is 3.04. The maximum absolute atomic E-state index is 13.1. The van der Waals surface area contributed by atoms with Crippen molar-refractivity contribution < 1.29 is 13.5 Å². The van der Waals surface area contributed by atoms with Crippen LogP contribution in [0.5, 0.6) is 5.75 Å². The molecule has 18 heavy (non-hydrogen) atoms. The SMILES string of the molecule is CNCc1coc(COc2ccc(F)c(C)c2)c1. The van der Waals surface area contributed by atoms with Crippen LogP contribution in [0, 0.1) is 12.7 Å². The average Bonchev–Trinajstić information content (AvgIpc) is 2.79. The lowest BCUT2D eigenvalue weighted by atomic mass is 10.2. The molecule has 1 aromatic heterocycles. The lowest BCUT2D eigenvalue weighted by molar-refractivity contribution is 0.270. The van der Waals surface area contributed by atoms with Crippen molar-refractivity contribution in [2.45, 2.75) is 20.1 Å². The van der Waals surface area contributed by atoms with E-state index in [2.05, 4.69) is 5.32 Å². The molecule has 0 aliphatic rings. The monoisotopic (exact) mass is 249 g/mol. The molecular formula is C14H16FNO2. The summed E-state index contributed by atoms with van der Waals surface area (Å²) in [6, 6.07) is 6.62. The average molecular weight is 249 g/mol. The van der Waals surface area contributed by atoms with E-state index < -0.39 is 0 Å². The van der Waals surface area contributed by atoms with Gasteiger partial charge < -0.3 is 14.5 Å². The number of aryl methyl sites for hydroxylation is 1. The summed E-state index contributed by atoms with van der Waals surface area (Å²) >= 11 is 0. The summed E-state index contributed by atoms with van der Waals surface area (Å²) in [7, 11) is 1.88. The van der Waals surface area contributed by atoms with Gasteiger partial charge in [0.25, 0.3) is 0 Å². The quantitative estimate of drug-likeness (QED) is 0.884. The number of nitrogens with one attached hydrogen (secondary N) is 1. The molecule has 1 heterocycles. The molecule has 3 nitrogen and oxygen atoms in total. The number of ether oxygens (including phenoxy) is 1. The van der Waals surface area contributed by atoms with Crippen LogP contribution in [0.2, 0.25) is 0 Å². The summed E-state index contributed by atoms with van der Waals surface area (Å²) in [4.78, 5) is 0. The molecule has 0 radical (unpaired) electrons. The number of rotatable bonds is 5. The smallest absolute Gasteiger partial charge is 0.146 e. The van der Waals surface area contributed by atoms with Crippen LogP contribution in [0.15, 0.2) is 34.9 Å². The lowest BCUT2D eigenvalue weighted by Gasteiger charge is -2.05. The topological polar surface area (TPSA) is 34.4 Å². The Morgan fingerprint density at radius 2 is 2.17 bits per heavy atom. The summed E-state index contributed by atoms with van der Waals surface area (Å²) in [6.45, 7) is 2.81. The molecule has 1 aromatic carbocycles. The summed E-state index contributed by atoms with van der Waals surface area (Å²) < 4.78 is 24.0. The molecule has 0 saturated carbocycles. The van der Waals surface area contributed by atoms with E-state index in [4.69, 9.17) is 9.15 Å². The Hall–Kier alpha value is -1.81. The van der Waals surface area contributed by atoms with Gasteiger partial charge in [-0.2, -0.15) is 0 Å². The maximum atomic E-state index is 13.1. The molecule has 0 aliphatic heterocycles. The van der Waals surface area contributed by atoms with Gasteiger partial charge >= 0.3 is 0 Å². The van der Waals surface area contributed by atoms with Crippen LogP contribution in [0.4, 0.5) is 4.39 Å². The lowest BCUT2D eigenvalue weighted by Crippen LogP contribution is -2.03. The number of halogens is 1. The molecule has 0 saturated heterocycles.